The Morgan fingerprint density at radius 3 is 2.69 bits per heavy atom. The van der Waals surface area contributed by atoms with Gasteiger partial charge in [0.15, 0.2) is 11.8 Å². The number of amides is 1. The van der Waals surface area contributed by atoms with Crippen molar-refractivity contribution in [1.29, 1.82) is 0 Å². The lowest BCUT2D eigenvalue weighted by Gasteiger charge is -2.16. The molecule has 0 aliphatic carbocycles. The molecule has 2 aromatic carbocycles. The zero-order chi connectivity index (χ0) is 18.5. The summed E-state index contributed by atoms with van der Waals surface area (Å²) in [6.07, 6.45) is 0. The Balaban J connectivity index is 1.67. The topological polar surface area (TPSA) is 51.1 Å². The molecule has 1 aliphatic heterocycles. The zero-order valence-electron chi connectivity index (χ0n) is 14.6. The molecule has 0 radical (unpaired) electrons. The Bertz CT molecular complexity index is 824. The van der Waals surface area contributed by atoms with Crippen molar-refractivity contribution in [3.8, 4) is 11.5 Å². The van der Waals surface area contributed by atoms with Gasteiger partial charge in [-0.15, -0.1) is 0 Å². The van der Waals surface area contributed by atoms with E-state index in [9.17, 15) is 4.79 Å². The van der Waals surface area contributed by atoms with E-state index in [0.29, 0.717) is 22.5 Å². The van der Waals surface area contributed by atoms with Crippen molar-refractivity contribution in [2.75, 3.05) is 26.0 Å². The van der Waals surface area contributed by atoms with Gasteiger partial charge in [-0.1, -0.05) is 29.4 Å². The van der Waals surface area contributed by atoms with Crippen LogP contribution in [0.15, 0.2) is 47.5 Å². The molecule has 0 saturated carbocycles. The Morgan fingerprint density at radius 2 is 1.96 bits per heavy atom. The maximum Gasteiger partial charge on any atom is 0.266 e. The van der Waals surface area contributed by atoms with Gasteiger partial charge in [0.1, 0.15) is 11.5 Å². The molecule has 3 rings (SSSR count). The maximum absolute atomic E-state index is 12.6. The number of aliphatic imine (C=N–C) groups is 1. The van der Waals surface area contributed by atoms with Crippen LogP contribution in [-0.2, 0) is 4.79 Å². The third-order valence-electron chi connectivity index (χ3n) is 3.95. The molecule has 0 unspecified atom stereocenters. The first kappa shape index (κ1) is 18.6. The second-order valence-corrected chi connectivity index (χ2v) is 7.11. The van der Waals surface area contributed by atoms with Crippen molar-refractivity contribution in [1.82, 2.24) is 4.90 Å². The van der Waals surface area contributed by atoms with Crippen LogP contribution >= 0.6 is 23.4 Å². The van der Waals surface area contributed by atoms with Crippen molar-refractivity contribution >= 4 is 40.1 Å². The molecule has 2 aromatic rings. The average Bonchev–Trinajstić information content (AvgIpc) is 3.12. The summed E-state index contributed by atoms with van der Waals surface area (Å²) in [5.41, 5.74) is 1.67. The summed E-state index contributed by atoms with van der Waals surface area (Å²) >= 11 is 7.71. The van der Waals surface area contributed by atoms with Crippen molar-refractivity contribution in [3.05, 3.63) is 53.1 Å². The minimum Gasteiger partial charge on any atom is -0.497 e. The number of thioether (sulfide) groups is 1. The maximum atomic E-state index is 12.6. The molecular weight excluding hydrogens is 372 g/mol. The highest BCUT2D eigenvalue weighted by Crippen LogP contribution is 2.29. The van der Waals surface area contributed by atoms with Crippen molar-refractivity contribution in [2.24, 2.45) is 4.99 Å². The molecule has 26 heavy (non-hydrogen) atoms. The SMILES string of the molecule is COc1ccc(OCC(=O)N2CCSC2=Nc2cccc(Cl)c2C)cc1. The molecule has 0 aromatic heterocycles. The lowest BCUT2D eigenvalue weighted by atomic mass is 10.2. The van der Waals surface area contributed by atoms with Crippen LogP contribution in [0.5, 0.6) is 11.5 Å². The summed E-state index contributed by atoms with van der Waals surface area (Å²) in [6.45, 7) is 2.49. The molecule has 1 fully saturated rings. The molecule has 5 nitrogen and oxygen atoms in total. The van der Waals surface area contributed by atoms with Crippen molar-refractivity contribution in [3.63, 3.8) is 0 Å². The van der Waals surface area contributed by atoms with E-state index in [1.54, 1.807) is 48.0 Å². The minimum atomic E-state index is -0.121. The molecule has 136 valence electrons. The number of nitrogens with zero attached hydrogens (tertiary/aromatic N) is 2. The Kier molecular flexibility index (Phi) is 6.06. The summed E-state index contributed by atoms with van der Waals surface area (Å²) in [7, 11) is 1.60. The average molecular weight is 391 g/mol. The fourth-order valence-corrected chi connectivity index (χ4v) is 3.58. The molecular formula is C19H19ClN2O3S. The molecule has 1 aliphatic rings. The Labute approximate surface area is 162 Å². The predicted molar refractivity (Wildman–Crippen MR) is 106 cm³/mol. The van der Waals surface area contributed by atoms with Crippen LogP contribution < -0.4 is 9.47 Å². The van der Waals surface area contributed by atoms with Crippen LogP contribution in [0.25, 0.3) is 0 Å². The summed E-state index contributed by atoms with van der Waals surface area (Å²) in [6, 6.07) is 12.7. The number of carbonyl (C=O) groups excluding carboxylic acids is 1. The van der Waals surface area contributed by atoms with Crippen LogP contribution in [0.1, 0.15) is 5.56 Å². The Morgan fingerprint density at radius 1 is 1.23 bits per heavy atom. The fourth-order valence-electron chi connectivity index (χ4n) is 2.44. The van der Waals surface area contributed by atoms with Crippen molar-refractivity contribution in [2.45, 2.75) is 6.92 Å². The molecule has 0 spiro atoms. The number of rotatable bonds is 5. The van der Waals surface area contributed by atoms with E-state index >= 15 is 0 Å². The molecule has 1 amide bonds. The number of hydrogen-bond acceptors (Lipinski definition) is 5. The van der Waals surface area contributed by atoms with Gasteiger partial charge in [-0.25, -0.2) is 4.99 Å². The normalized spacial score (nSPS) is 15.3. The van der Waals surface area contributed by atoms with E-state index in [-0.39, 0.29) is 12.5 Å². The molecule has 0 bridgehead atoms. The number of ether oxygens (including phenoxy) is 2. The number of hydrogen-bond donors (Lipinski definition) is 0. The van der Waals surface area contributed by atoms with Gasteiger partial charge in [0.05, 0.1) is 12.8 Å². The van der Waals surface area contributed by atoms with Gasteiger partial charge in [-0.05, 0) is 48.9 Å². The summed E-state index contributed by atoms with van der Waals surface area (Å²) in [5.74, 6) is 2.05. The number of methoxy groups -OCH3 is 1. The number of carbonyl (C=O) groups is 1. The Hall–Kier alpha value is -2.18. The third-order valence-corrected chi connectivity index (χ3v) is 5.32. The number of benzene rings is 2. The van der Waals surface area contributed by atoms with E-state index in [1.165, 1.54) is 0 Å². The quantitative estimate of drug-likeness (QED) is 0.763. The highest BCUT2D eigenvalue weighted by atomic mass is 35.5. The molecule has 0 N–H and O–H groups in total. The predicted octanol–water partition coefficient (Wildman–Crippen LogP) is 4.30. The molecule has 1 heterocycles. The van der Waals surface area contributed by atoms with Crippen LogP contribution in [0.3, 0.4) is 0 Å². The highest BCUT2D eigenvalue weighted by Gasteiger charge is 2.26. The van der Waals surface area contributed by atoms with E-state index < -0.39 is 0 Å². The second-order valence-electron chi connectivity index (χ2n) is 5.64. The van der Waals surface area contributed by atoms with Crippen LogP contribution in [0.4, 0.5) is 5.69 Å². The molecule has 7 heteroatoms. The van der Waals surface area contributed by atoms with E-state index in [1.807, 2.05) is 25.1 Å². The van der Waals surface area contributed by atoms with E-state index in [0.717, 1.165) is 22.8 Å². The van der Waals surface area contributed by atoms with Crippen molar-refractivity contribution < 1.29 is 14.3 Å². The minimum absolute atomic E-state index is 0.0412. The monoisotopic (exact) mass is 390 g/mol. The first-order valence-electron chi connectivity index (χ1n) is 8.12. The smallest absolute Gasteiger partial charge is 0.266 e. The number of amidine groups is 1. The highest BCUT2D eigenvalue weighted by molar-refractivity contribution is 8.14. The number of halogens is 1. The first-order chi connectivity index (χ1) is 12.6. The molecule has 1 saturated heterocycles. The van der Waals surface area contributed by atoms with E-state index in [2.05, 4.69) is 4.99 Å². The molecule has 0 atom stereocenters. The summed E-state index contributed by atoms with van der Waals surface area (Å²) < 4.78 is 10.7. The third kappa shape index (κ3) is 4.31. The van der Waals surface area contributed by atoms with Gasteiger partial charge in [-0.2, -0.15) is 0 Å². The fraction of sp³-hybridized carbons (Fsp3) is 0.263. The lowest BCUT2D eigenvalue weighted by Crippen LogP contribution is -2.35. The van der Waals surface area contributed by atoms with Crippen LogP contribution in [-0.4, -0.2) is 42.0 Å². The van der Waals surface area contributed by atoms with Crippen LogP contribution in [0, 0.1) is 6.92 Å². The van der Waals surface area contributed by atoms with Gasteiger partial charge in [0, 0.05) is 17.3 Å². The van der Waals surface area contributed by atoms with Gasteiger partial charge in [-0.3, -0.25) is 9.69 Å². The van der Waals surface area contributed by atoms with Gasteiger partial charge in [0.25, 0.3) is 5.91 Å². The lowest BCUT2D eigenvalue weighted by molar-refractivity contribution is -0.129. The summed E-state index contributed by atoms with van der Waals surface area (Å²) in [4.78, 5) is 18.8. The van der Waals surface area contributed by atoms with Gasteiger partial charge in [0.2, 0.25) is 0 Å². The zero-order valence-corrected chi connectivity index (χ0v) is 16.1. The second kappa shape index (κ2) is 8.47. The largest absolute Gasteiger partial charge is 0.497 e. The van der Waals surface area contributed by atoms with Gasteiger partial charge < -0.3 is 9.47 Å². The van der Waals surface area contributed by atoms with Gasteiger partial charge >= 0.3 is 0 Å². The summed E-state index contributed by atoms with van der Waals surface area (Å²) in [5, 5.41) is 1.34. The van der Waals surface area contributed by atoms with E-state index in [4.69, 9.17) is 21.1 Å². The van der Waals surface area contributed by atoms with Crippen LogP contribution in [0.2, 0.25) is 5.02 Å². The first-order valence-corrected chi connectivity index (χ1v) is 9.48. The standard InChI is InChI=1S/C19H19ClN2O3S/c1-13-16(20)4-3-5-17(13)21-19-22(10-11-26-19)18(23)12-25-15-8-6-14(24-2)7-9-15/h3-9H,10-12H2,1-2H3.